The Hall–Kier alpha value is -4.15. The Morgan fingerprint density at radius 2 is 1.68 bits per heavy atom. The Morgan fingerprint density at radius 1 is 0.981 bits per heavy atom. The number of nitrogens with one attached hydrogen (secondary N) is 1. The standard InChI is InChI=1S/C35H36F4N6O5.3ClH/c1-20(40)31-30(43-33(50-31)23-4-7-27(49-35(38)39)28(16-23)48-19-22-2-3-22)32(46)42-29(25-6-5-24(36)17-26(25)37)34(47)45-14-12-44(13-15-45)18-21-8-10-41-11-9-21;;;/h4-11,16-17,20,22,29,35H,2-3,12-15,18-19,40H2,1H3,(H,42,46);3*1H/t20-,29+;;;/m0.../s1. The first-order valence-electron chi connectivity index (χ1n) is 16.2. The predicted octanol–water partition coefficient (Wildman–Crippen LogP) is 6.51. The van der Waals surface area contributed by atoms with E-state index in [2.05, 4.69) is 24.9 Å². The van der Waals surface area contributed by atoms with E-state index in [0.717, 1.165) is 30.5 Å². The van der Waals surface area contributed by atoms with Gasteiger partial charge in [0.05, 0.1) is 12.6 Å². The number of carbonyl (C=O) groups is 2. The molecule has 1 aliphatic heterocycles. The van der Waals surface area contributed by atoms with Crippen LogP contribution in [-0.2, 0) is 11.3 Å². The normalized spacial score (nSPS) is 15.3. The summed E-state index contributed by atoms with van der Waals surface area (Å²) in [6.07, 6.45) is 5.35. The highest BCUT2D eigenvalue weighted by Gasteiger charge is 2.34. The minimum absolute atomic E-state index is 0. The van der Waals surface area contributed by atoms with Crippen molar-refractivity contribution >= 4 is 49.0 Å². The summed E-state index contributed by atoms with van der Waals surface area (Å²) in [4.78, 5) is 39.9. The maximum Gasteiger partial charge on any atom is 0.387 e. The largest absolute Gasteiger partial charge is 0.489 e. The lowest BCUT2D eigenvalue weighted by Gasteiger charge is -2.36. The summed E-state index contributed by atoms with van der Waals surface area (Å²) in [5.74, 6) is -3.29. The van der Waals surface area contributed by atoms with Gasteiger partial charge in [-0.2, -0.15) is 8.78 Å². The van der Waals surface area contributed by atoms with Crippen molar-refractivity contribution in [1.82, 2.24) is 25.1 Å². The molecule has 0 spiro atoms. The molecule has 288 valence electrons. The van der Waals surface area contributed by atoms with Crippen LogP contribution in [0.25, 0.3) is 11.5 Å². The van der Waals surface area contributed by atoms with Crippen molar-refractivity contribution in [1.29, 1.82) is 0 Å². The zero-order valence-electron chi connectivity index (χ0n) is 28.4. The molecule has 0 bridgehead atoms. The summed E-state index contributed by atoms with van der Waals surface area (Å²) in [5, 5.41) is 2.58. The molecule has 2 fully saturated rings. The molecule has 2 amide bonds. The highest BCUT2D eigenvalue weighted by molar-refractivity contribution is 5.97. The average molecular weight is 806 g/mol. The van der Waals surface area contributed by atoms with Gasteiger partial charge in [-0.1, -0.05) is 6.07 Å². The quantitative estimate of drug-likeness (QED) is 0.145. The van der Waals surface area contributed by atoms with E-state index in [0.29, 0.717) is 51.3 Å². The van der Waals surface area contributed by atoms with Gasteiger partial charge in [-0.25, -0.2) is 13.8 Å². The van der Waals surface area contributed by atoms with Gasteiger partial charge < -0.3 is 29.8 Å². The van der Waals surface area contributed by atoms with Crippen molar-refractivity contribution in [2.45, 2.75) is 45.0 Å². The molecule has 3 N–H and O–H groups in total. The average Bonchev–Trinajstić information content (AvgIpc) is 3.81. The van der Waals surface area contributed by atoms with Gasteiger partial charge in [-0.15, -0.1) is 37.2 Å². The summed E-state index contributed by atoms with van der Waals surface area (Å²) in [7, 11) is 0. The summed E-state index contributed by atoms with van der Waals surface area (Å²) >= 11 is 0. The Morgan fingerprint density at radius 3 is 2.30 bits per heavy atom. The van der Waals surface area contributed by atoms with Gasteiger partial charge in [0.1, 0.15) is 17.7 Å². The molecule has 0 radical (unpaired) electrons. The van der Waals surface area contributed by atoms with Crippen LogP contribution in [0.15, 0.2) is 65.3 Å². The number of hydrogen-bond acceptors (Lipinski definition) is 9. The Kier molecular flexibility index (Phi) is 15.7. The van der Waals surface area contributed by atoms with Crippen LogP contribution < -0.4 is 20.5 Å². The Labute approximate surface area is 321 Å². The van der Waals surface area contributed by atoms with Crippen LogP contribution in [0, 0.1) is 17.6 Å². The molecule has 2 aromatic heterocycles. The fraction of sp³-hybridized carbons (Fsp3) is 0.371. The van der Waals surface area contributed by atoms with Crippen LogP contribution in [0.1, 0.15) is 59.2 Å². The number of pyridine rings is 1. The van der Waals surface area contributed by atoms with E-state index in [1.807, 2.05) is 12.1 Å². The summed E-state index contributed by atoms with van der Waals surface area (Å²) in [6.45, 7) is 1.08. The number of amides is 2. The molecule has 3 heterocycles. The summed E-state index contributed by atoms with van der Waals surface area (Å²) < 4.78 is 71.5. The number of ether oxygens (including phenoxy) is 2. The second-order valence-corrected chi connectivity index (χ2v) is 12.3. The van der Waals surface area contributed by atoms with Crippen molar-refractivity contribution < 1.29 is 41.0 Å². The second kappa shape index (κ2) is 19.3. The van der Waals surface area contributed by atoms with E-state index in [4.69, 9.17) is 14.9 Å². The molecule has 1 saturated carbocycles. The number of oxazole rings is 1. The van der Waals surface area contributed by atoms with Crippen molar-refractivity contribution in [3.63, 3.8) is 0 Å². The van der Waals surface area contributed by atoms with E-state index in [1.54, 1.807) is 19.3 Å². The molecule has 53 heavy (non-hydrogen) atoms. The lowest BCUT2D eigenvalue weighted by atomic mass is 10.0. The lowest BCUT2D eigenvalue weighted by molar-refractivity contribution is -0.135. The minimum Gasteiger partial charge on any atom is -0.489 e. The topological polar surface area (TPSA) is 136 Å². The number of rotatable bonds is 13. The van der Waals surface area contributed by atoms with Crippen molar-refractivity contribution in [3.8, 4) is 23.0 Å². The number of hydrogen-bond donors (Lipinski definition) is 2. The molecule has 6 rings (SSSR count). The van der Waals surface area contributed by atoms with Crippen molar-refractivity contribution in [2.24, 2.45) is 11.7 Å². The number of piperazine rings is 1. The van der Waals surface area contributed by atoms with E-state index in [9.17, 15) is 22.8 Å². The summed E-state index contributed by atoms with van der Waals surface area (Å²) in [5.41, 5.74) is 6.98. The van der Waals surface area contributed by atoms with E-state index >= 15 is 4.39 Å². The zero-order valence-corrected chi connectivity index (χ0v) is 30.8. The Bertz CT molecular complexity index is 1830. The number of benzene rings is 2. The van der Waals surface area contributed by atoms with Gasteiger partial charge in [0.15, 0.2) is 23.0 Å². The number of alkyl halides is 2. The number of nitrogens with zero attached hydrogens (tertiary/aromatic N) is 4. The van der Waals surface area contributed by atoms with Gasteiger partial charge in [-0.3, -0.25) is 19.5 Å². The molecule has 1 saturated heterocycles. The second-order valence-electron chi connectivity index (χ2n) is 12.3. The first-order chi connectivity index (χ1) is 24.0. The molecule has 1 aliphatic carbocycles. The van der Waals surface area contributed by atoms with Crippen molar-refractivity contribution in [2.75, 3.05) is 32.8 Å². The number of aromatic nitrogens is 2. The van der Waals surface area contributed by atoms with Gasteiger partial charge in [0.2, 0.25) is 11.8 Å². The Balaban J connectivity index is 0.00000252. The van der Waals surface area contributed by atoms with Crippen LogP contribution in [-0.4, -0.2) is 71.0 Å². The molecular formula is C35H39Cl3F4N6O5. The highest BCUT2D eigenvalue weighted by atomic mass is 35.5. The molecule has 2 aromatic carbocycles. The van der Waals surface area contributed by atoms with E-state index in [-0.39, 0.29) is 77.2 Å². The first kappa shape index (κ1) is 43.3. The smallest absolute Gasteiger partial charge is 0.387 e. The van der Waals surface area contributed by atoms with Crippen LogP contribution in [0.5, 0.6) is 11.5 Å². The maximum absolute atomic E-state index is 15.2. The summed E-state index contributed by atoms with van der Waals surface area (Å²) in [6, 6.07) is 8.28. The monoisotopic (exact) mass is 804 g/mol. The fourth-order valence-corrected chi connectivity index (χ4v) is 5.63. The maximum atomic E-state index is 15.2. The number of halogens is 7. The van der Waals surface area contributed by atoms with Crippen LogP contribution in [0.3, 0.4) is 0 Å². The molecule has 0 unspecified atom stereocenters. The lowest BCUT2D eigenvalue weighted by Crippen LogP contribution is -2.52. The van der Waals surface area contributed by atoms with Gasteiger partial charge in [-0.05, 0) is 67.6 Å². The van der Waals surface area contributed by atoms with E-state index < -0.39 is 42.1 Å². The van der Waals surface area contributed by atoms with Crippen LogP contribution in [0.4, 0.5) is 17.6 Å². The third kappa shape index (κ3) is 10.9. The number of carbonyl (C=O) groups excluding carboxylic acids is 2. The zero-order chi connectivity index (χ0) is 35.4. The molecule has 11 nitrogen and oxygen atoms in total. The van der Waals surface area contributed by atoms with Crippen molar-refractivity contribution in [3.05, 3.63) is 95.1 Å². The van der Waals surface area contributed by atoms with E-state index in [1.165, 1.54) is 23.1 Å². The molecule has 4 aromatic rings. The molecule has 18 heteroatoms. The number of nitrogens with two attached hydrogens (primary N) is 1. The minimum atomic E-state index is -3.08. The fourth-order valence-electron chi connectivity index (χ4n) is 5.63. The molecular weight excluding hydrogens is 767 g/mol. The van der Waals surface area contributed by atoms with Gasteiger partial charge in [0, 0.05) is 62.3 Å². The predicted molar refractivity (Wildman–Crippen MR) is 194 cm³/mol. The SMILES string of the molecule is C[C@H](N)c1oc(-c2ccc(OC(F)F)c(OCC3CC3)c2)nc1C(=O)N[C@@H](C(=O)N1CCN(Cc2ccncc2)CC1)c1ccc(F)cc1F.Cl.Cl.Cl. The van der Waals surface area contributed by atoms with Gasteiger partial charge >= 0.3 is 6.61 Å². The molecule has 2 aliphatic rings. The van der Waals surface area contributed by atoms with Crippen LogP contribution in [0.2, 0.25) is 0 Å². The first-order valence-corrected chi connectivity index (χ1v) is 16.2. The van der Waals surface area contributed by atoms with Crippen LogP contribution >= 0.6 is 37.2 Å². The molecule has 2 atom stereocenters. The van der Waals surface area contributed by atoms with Gasteiger partial charge in [0.25, 0.3) is 5.91 Å². The third-order valence-corrected chi connectivity index (χ3v) is 8.50. The third-order valence-electron chi connectivity index (χ3n) is 8.50. The highest BCUT2D eigenvalue weighted by Crippen LogP contribution is 2.37.